The van der Waals surface area contributed by atoms with Gasteiger partial charge in [-0.15, -0.1) is 0 Å². The molecule has 0 spiro atoms. The second kappa shape index (κ2) is 4.63. The maximum Gasteiger partial charge on any atom is 0.276 e. The van der Waals surface area contributed by atoms with E-state index in [1.54, 1.807) is 0 Å². The van der Waals surface area contributed by atoms with Gasteiger partial charge in [0.05, 0.1) is 5.69 Å². The lowest BCUT2D eigenvalue weighted by Crippen LogP contribution is -1.99. The van der Waals surface area contributed by atoms with Crippen LogP contribution in [0.15, 0.2) is 16.9 Å². The highest BCUT2D eigenvalue weighted by atomic mass is 16.5. The van der Waals surface area contributed by atoms with Gasteiger partial charge in [0.1, 0.15) is 12.0 Å². The fraction of sp³-hybridized carbons (Fsp3) is 0.364. The Balaban J connectivity index is 2.00. The first-order valence-electron chi connectivity index (χ1n) is 6.08. The Morgan fingerprint density at radius 2 is 2.26 bits per heavy atom. The van der Waals surface area contributed by atoms with E-state index in [4.69, 9.17) is 4.52 Å². The van der Waals surface area contributed by atoms with Gasteiger partial charge in [0, 0.05) is 6.54 Å². The summed E-state index contributed by atoms with van der Waals surface area (Å²) >= 11 is 0. The highest BCUT2D eigenvalue weighted by molar-refractivity contribution is 5.52. The number of H-pyrrole nitrogens is 1. The Kier molecular flexibility index (Phi) is 2.82. The van der Waals surface area contributed by atoms with Crippen molar-refractivity contribution in [3.8, 4) is 23.2 Å². The van der Waals surface area contributed by atoms with Crippen molar-refractivity contribution >= 4 is 0 Å². The smallest absolute Gasteiger partial charge is 0.276 e. The molecule has 0 aliphatic rings. The highest BCUT2D eigenvalue weighted by Gasteiger charge is 2.17. The lowest BCUT2D eigenvalue weighted by molar-refractivity contribution is 0.427. The molecule has 0 saturated carbocycles. The van der Waals surface area contributed by atoms with Crippen molar-refractivity contribution in [1.29, 1.82) is 0 Å². The third kappa shape index (κ3) is 2.01. The Bertz CT molecular complexity index is 667. The van der Waals surface area contributed by atoms with Gasteiger partial charge in [-0.3, -0.25) is 9.78 Å². The number of nitrogens with zero attached hydrogens (tertiary/aromatic N) is 6. The molecule has 0 saturated heterocycles. The van der Waals surface area contributed by atoms with E-state index >= 15 is 0 Å². The van der Waals surface area contributed by atoms with Crippen LogP contribution in [0.3, 0.4) is 0 Å². The lowest BCUT2D eigenvalue weighted by Gasteiger charge is -1.97. The third-order valence-corrected chi connectivity index (χ3v) is 2.76. The molecule has 0 bridgehead atoms. The Morgan fingerprint density at radius 3 is 2.95 bits per heavy atom. The fourth-order valence-corrected chi connectivity index (χ4v) is 1.79. The predicted octanol–water partition coefficient (Wildman–Crippen LogP) is 1.30. The SMILES string of the molecule is CCc1cc(-c2nc(-c3ncn[nH]3)no2)n(CC)n1. The number of hydrogen-bond donors (Lipinski definition) is 1. The zero-order valence-electron chi connectivity index (χ0n) is 10.7. The molecule has 1 N–H and O–H groups in total. The Labute approximate surface area is 108 Å². The summed E-state index contributed by atoms with van der Waals surface area (Å²) in [5.41, 5.74) is 1.81. The first kappa shape index (κ1) is 11.6. The predicted molar refractivity (Wildman–Crippen MR) is 65.9 cm³/mol. The molecule has 0 aliphatic carbocycles. The standard InChI is InChI=1S/C11H13N7O/c1-3-7-5-8(18(4-2)16-7)11-14-10(17-19-11)9-12-6-13-15-9/h5-6H,3-4H2,1-2H3,(H,12,13,15). The van der Waals surface area contributed by atoms with E-state index in [-0.39, 0.29) is 0 Å². The zero-order chi connectivity index (χ0) is 13.2. The molecule has 0 aromatic carbocycles. The first-order chi connectivity index (χ1) is 9.31. The number of aryl methyl sites for hydroxylation is 2. The topological polar surface area (TPSA) is 98.3 Å². The Morgan fingerprint density at radius 1 is 1.37 bits per heavy atom. The van der Waals surface area contributed by atoms with Crippen LogP contribution in [0.1, 0.15) is 19.5 Å². The molecule has 3 rings (SSSR count). The minimum Gasteiger partial charge on any atom is -0.332 e. The molecule has 0 aliphatic heterocycles. The van der Waals surface area contributed by atoms with Gasteiger partial charge < -0.3 is 4.52 Å². The van der Waals surface area contributed by atoms with Crippen molar-refractivity contribution in [3.05, 3.63) is 18.1 Å². The van der Waals surface area contributed by atoms with Crippen LogP contribution in [0.2, 0.25) is 0 Å². The van der Waals surface area contributed by atoms with Crippen molar-refractivity contribution in [3.63, 3.8) is 0 Å². The summed E-state index contributed by atoms with van der Waals surface area (Å²) in [4.78, 5) is 8.29. The zero-order valence-corrected chi connectivity index (χ0v) is 10.7. The largest absolute Gasteiger partial charge is 0.332 e. The molecule has 8 heteroatoms. The Hall–Kier alpha value is -2.51. The minimum absolute atomic E-state index is 0.384. The molecular formula is C11H13N7O. The highest BCUT2D eigenvalue weighted by Crippen LogP contribution is 2.21. The molecule has 8 nitrogen and oxygen atoms in total. The van der Waals surface area contributed by atoms with E-state index in [2.05, 4.69) is 37.3 Å². The van der Waals surface area contributed by atoms with Gasteiger partial charge in [0.2, 0.25) is 5.82 Å². The van der Waals surface area contributed by atoms with Crippen LogP contribution in [0.5, 0.6) is 0 Å². The van der Waals surface area contributed by atoms with Crippen molar-refractivity contribution in [1.82, 2.24) is 35.1 Å². The summed E-state index contributed by atoms with van der Waals surface area (Å²) in [6.45, 7) is 4.82. The van der Waals surface area contributed by atoms with Crippen LogP contribution >= 0.6 is 0 Å². The summed E-state index contributed by atoms with van der Waals surface area (Å²) in [6.07, 6.45) is 2.26. The van der Waals surface area contributed by atoms with E-state index in [1.165, 1.54) is 6.33 Å². The van der Waals surface area contributed by atoms with Gasteiger partial charge >= 0.3 is 0 Å². The molecule has 0 amide bonds. The first-order valence-corrected chi connectivity index (χ1v) is 6.08. The quantitative estimate of drug-likeness (QED) is 0.758. The lowest BCUT2D eigenvalue weighted by atomic mass is 10.3. The molecule has 0 unspecified atom stereocenters. The molecule has 3 aromatic rings. The molecule has 0 atom stereocenters. The van der Waals surface area contributed by atoms with Gasteiger partial charge in [0.25, 0.3) is 5.89 Å². The van der Waals surface area contributed by atoms with Crippen molar-refractivity contribution in [2.75, 3.05) is 0 Å². The van der Waals surface area contributed by atoms with Crippen LogP contribution in [-0.2, 0) is 13.0 Å². The number of rotatable bonds is 4. The van der Waals surface area contributed by atoms with Crippen LogP contribution in [0.25, 0.3) is 23.2 Å². The number of nitrogens with one attached hydrogen (secondary N) is 1. The molecule has 3 aromatic heterocycles. The average molecular weight is 259 g/mol. The average Bonchev–Trinajstić information content (AvgIpc) is 3.16. The van der Waals surface area contributed by atoms with Gasteiger partial charge in [-0.25, -0.2) is 4.98 Å². The maximum atomic E-state index is 5.27. The van der Waals surface area contributed by atoms with Gasteiger partial charge in [0.15, 0.2) is 5.82 Å². The summed E-state index contributed by atoms with van der Waals surface area (Å²) in [7, 11) is 0. The summed E-state index contributed by atoms with van der Waals surface area (Å²) in [5, 5.41) is 14.8. The summed E-state index contributed by atoms with van der Waals surface area (Å²) in [6, 6.07) is 1.96. The van der Waals surface area contributed by atoms with Crippen LogP contribution in [-0.4, -0.2) is 35.1 Å². The molecule has 98 valence electrons. The third-order valence-electron chi connectivity index (χ3n) is 2.76. The number of hydrogen-bond acceptors (Lipinski definition) is 6. The number of aromatic amines is 1. The van der Waals surface area contributed by atoms with E-state index in [0.717, 1.165) is 24.4 Å². The second-order valence-corrected chi connectivity index (χ2v) is 3.95. The van der Waals surface area contributed by atoms with Gasteiger partial charge in [-0.1, -0.05) is 12.1 Å². The minimum atomic E-state index is 0.384. The number of aromatic nitrogens is 7. The van der Waals surface area contributed by atoms with E-state index in [1.807, 2.05) is 17.7 Å². The fourth-order valence-electron chi connectivity index (χ4n) is 1.79. The summed E-state index contributed by atoms with van der Waals surface area (Å²) < 4.78 is 7.11. The molecule has 3 heterocycles. The normalized spacial score (nSPS) is 11.1. The van der Waals surface area contributed by atoms with E-state index in [9.17, 15) is 0 Å². The van der Waals surface area contributed by atoms with Crippen LogP contribution in [0.4, 0.5) is 0 Å². The van der Waals surface area contributed by atoms with Crippen molar-refractivity contribution in [2.45, 2.75) is 26.8 Å². The molecule has 19 heavy (non-hydrogen) atoms. The monoisotopic (exact) mass is 259 g/mol. The molecule has 0 radical (unpaired) electrons. The van der Waals surface area contributed by atoms with Gasteiger partial charge in [-0.05, 0) is 19.4 Å². The summed E-state index contributed by atoms with van der Waals surface area (Å²) in [5.74, 6) is 1.29. The van der Waals surface area contributed by atoms with Gasteiger partial charge in [-0.2, -0.15) is 15.2 Å². The van der Waals surface area contributed by atoms with Crippen LogP contribution < -0.4 is 0 Å². The van der Waals surface area contributed by atoms with E-state index in [0.29, 0.717) is 17.5 Å². The molecular weight excluding hydrogens is 246 g/mol. The van der Waals surface area contributed by atoms with Crippen molar-refractivity contribution in [2.24, 2.45) is 0 Å². The maximum absolute atomic E-state index is 5.27. The van der Waals surface area contributed by atoms with Crippen molar-refractivity contribution < 1.29 is 4.52 Å². The van der Waals surface area contributed by atoms with E-state index < -0.39 is 0 Å². The second-order valence-electron chi connectivity index (χ2n) is 3.95. The van der Waals surface area contributed by atoms with Crippen LogP contribution in [0, 0.1) is 0 Å². The molecule has 0 fully saturated rings.